The lowest BCUT2D eigenvalue weighted by Crippen LogP contribution is -2.53. The van der Waals surface area contributed by atoms with Gasteiger partial charge in [0.2, 0.25) is 5.91 Å². The first kappa shape index (κ1) is 26.9. The number of piperazine rings is 1. The van der Waals surface area contributed by atoms with Gasteiger partial charge in [-0.2, -0.15) is 0 Å². The fourth-order valence-electron chi connectivity index (χ4n) is 5.97. The SMILES string of the molecule is CC(C)C[C@H](NC(=O)c1ccc(N2CCNCC2)cc1)C(=O)N1CCC2C1C(=O)CN2C(=O)c1ccccc1. The Hall–Kier alpha value is -3.72. The number of carbonyl (C=O) groups excluding carboxylic acids is 4. The van der Waals surface area contributed by atoms with Crippen molar-refractivity contribution in [1.29, 1.82) is 0 Å². The van der Waals surface area contributed by atoms with E-state index in [1.807, 2.05) is 32.0 Å². The van der Waals surface area contributed by atoms with E-state index in [9.17, 15) is 19.2 Å². The molecule has 3 saturated heterocycles. The van der Waals surface area contributed by atoms with Gasteiger partial charge in [-0.15, -0.1) is 0 Å². The second-order valence-electron chi connectivity index (χ2n) is 11.0. The number of nitrogens with one attached hydrogen (secondary N) is 2. The zero-order valence-electron chi connectivity index (χ0n) is 22.6. The van der Waals surface area contributed by atoms with E-state index in [1.165, 1.54) is 0 Å². The van der Waals surface area contributed by atoms with Crippen molar-refractivity contribution in [3.05, 3.63) is 65.7 Å². The predicted molar refractivity (Wildman–Crippen MR) is 149 cm³/mol. The third-order valence-electron chi connectivity index (χ3n) is 7.91. The molecule has 0 bridgehead atoms. The molecule has 0 spiro atoms. The summed E-state index contributed by atoms with van der Waals surface area (Å²) in [6.07, 6.45) is 0.995. The molecule has 2 aromatic rings. The number of hydrogen-bond donors (Lipinski definition) is 2. The first-order valence-electron chi connectivity index (χ1n) is 13.9. The minimum Gasteiger partial charge on any atom is -0.369 e. The third-order valence-corrected chi connectivity index (χ3v) is 7.91. The van der Waals surface area contributed by atoms with E-state index < -0.39 is 12.1 Å². The van der Waals surface area contributed by atoms with Gasteiger partial charge in [0.25, 0.3) is 11.8 Å². The maximum absolute atomic E-state index is 13.8. The molecule has 5 rings (SSSR count). The van der Waals surface area contributed by atoms with E-state index in [1.54, 1.807) is 46.2 Å². The van der Waals surface area contributed by atoms with E-state index in [4.69, 9.17) is 0 Å². The Kier molecular flexibility index (Phi) is 7.97. The first-order chi connectivity index (χ1) is 18.8. The lowest BCUT2D eigenvalue weighted by Gasteiger charge is -2.30. The van der Waals surface area contributed by atoms with E-state index >= 15 is 0 Å². The lowest BCUT2D eigenvalue weighted by atomic mass is 10.0. The molecular weight excluding hydrogens is 494 g/mol. The maximum Gasteiger partial charge on any atom is 0.254 e. The monoisotopic (exact) mass is 531 g/mol. The molecule has 3 aliphatic heterocycles. The predicted octanol–water partition coefficient (Wildman–Crippen LogP) is 1.94. The molecule has 2 N–H and O–H groups in total. The fraction of sp³-hybridized carbons (Fsp3) is 0.467. The number of fused-ring (bicyclic) bond motifs is 1. The molecule has 3 fully saturated rings. The number of rotatable bonds is 7. The number of Topliss-reactive ketones (excluding diaryl/α,β-unsaturated/α-hetero) is 1. The van der Waals surface area contributed by atoms with E-state index in [2.05, 4.69) is 15.5 Å². The van der Waals surface area contributed by atoms with E-state index in [-0.39, 0.29) is 42.0 Å². The first-order valence-corrected chi connectivity index (χ1v) is 13.9. The number of amides is 3. The van der Waals surface area contributed by atoms with E-state index in [0.717, 1.165) is 31.9 Å². The molecule has 2 aromatic carbocycles. The fourth-order valence-corrected chi connectivity index (χ4v) is 5.97. The number of anilines is 1. The zero-order valence-corrected chi connectivity index (χ0v) is 22.6. The van der Waals surface area contributed by atoms with Crippen LogP contribution in [0, 0.1) is 5.92 Å². The summed E-state index contributed by atoms with van der Waals surface area (Å²) in [5.41, 5.74) is 2.09. The molecule has 0 aromatic heterocycles. The molecule has 3 heterocycles. The van der Waals surface area contributed by atoms with Crippen molar-refractivity contribution in [3.63, 3.8) is 0 Å². The molecule has 3 aliphatic rings. The van der Waals surface area contributed by atoms with Gasteiger partial charge < -0.3 is 25.3 Å². The van der Waals surface area contributed by atoms with Crippen LogP contribution in [-0.2, 0) is 9.59 Å². The molecule has 0 radical (unpaired) electrons. The van der Waals surface area contributed by atoms with Crippen LogP contribution >= 0.6 is 0 Å². The summed E-state index contributed by atoms with van der Waals surface area (Å²) < 4.78 is 0. The Morgan fingerprint density at radius 3 is 2.28 bits per heavy atom. The van der Waals surface area contributed by atoms with Crippen molar-refractivity contribution in [3.8, 4) is 0 Å². The summed E-state index contributed by atoms with van der Waals surface area (Å²) >= 11 is 0. The van der Waals surface area contributed by atoms with Gasteiger partial charge in [0, 0.05) is 49.5 Å². The normalized spacial score (nSPS) is 21.7. The molecule has 0 aliphatic carbocycles. The lowest BCUT2D eigenvalue weighted by molar-refractivity contribution is -0.138. The summed E-state index contributed by atoms with van der Waals surface area (Å²) in [6.45, 7) is 8.07. The summed E-state index contributed by atoms with van der Waals surface area (Å²) in [6, 6.07) is 14.6. The Morgan fingerprint density at radius 1 is 0.923 bits per heavy atom. The smallest absolute Gasteiger partial charge is 0.254 e. The highest BCUT2D eigenvalue weighted by atomic mass is 16.2. The highest BCUT2D eigenvalue weighted by molar-refractivity contribution is 6.03. The quantitative estimate of drug-likeness (QED) is 0.566. The summed E-state index contributed by atoms with van der Waals surface area (Å²) in [7, 11) is 0. The van der Waals surface area contributed by atoms with Crippen molar-refractivity contribution in [2.24, 2.45) is 5.92 Å². The molecule has 3 amide bonds. The second-order valence-corrected chi connectivity index (χ2v) is 11.0. The van der Waals surface area contributed by atoms with Crippen molar-refractivity contribution in [2.45, 2.75) is 44.8 Å². The van der Waals surface area contributed by atoms with Crippen LogP contribution in [0.2, 0.25) is 0 Å². The van der Waals surface area contributed by atoms with Crippen LogP contribution in [0.3, 0.4) is 0 Å². The molecule has 9 nitrogen and oxygen atoms in total. The van der Waals surface area contributed by atoms with Crippen molar-refractivity contribution < 1.29 is 19.2 Å². The van der Waals surface area contributed by atoms with Crippen LogP contribution in [0.1, 0.15) is 47.4 Å². The van der Waals surface area contributed by atoms with Gasteiger partial charge in [-0.3, -0.25) is 19.2 Å². The highest BCUT2D eigenvalue weighted by Gasteiger charge is 2.52. The Bertz CT molecular complexity index is 1210. The van der Waals surface area contributed by atoms with Crippen molar-refractivity contribution in [2.75, 3.05) is 44.2 Å². The van der Waals surface area contributed by atoms with Crippen LogP contribution in [0.15, 0.2) is 54.6 Å². The van der Waals surface area contributed by atoms with Gasteiger partial charge in [0.1, 0.15) is 12.1 Å². The van der Waals surface area contributed by atoms with Gasteiger partial charge in [-0.05, 0) is 55.2 Å². The Morgan fingerprint density at radius 2 is 1.62 bits per heavy atom. The third kappa shape index (κ3) is 5.68. The number of likely N-dealkylation sites (tertiary alicyclic amines) is 2. The van der Waals surface area contributed by atoms with Crippen molar-refractivity contribution >= 4 is 29.2 Å². The van der Waals surface area contributed by atoms with Crippen molar-refractivity contribution in [1.82, 2.24) is 20.4 Å². The number of ketones is 1. The topological polar surface area (TPSA) is 102 Å². The molecule has 2 unspecified atom stereocenters. The molecule has 0 saturated carbocycles. The summed E-state index contributed by atoms with van der Waals surface area (Å²) in [5.74, 6) is -0.738. The van der Waals surface area contributed by atoms with Crippen LogP contribution in [0.25, 0.3) is 0 Å². The number of nitrogens with zero attached hydrogens (tertiary/aromatic N) is 3. The van der Waals surface area contributed by atoms with Gasteiger partial charge >= 0.3 is 0 Å². The maximum atomic E-state index is 13.8. The average Bonchev–Trinajstić information content (AvgIpc) is 3.54. The molecule has 206 valence electrons. The van der Waals surface area contributed by atoms with Crippen LogP contribution < -0.4 is 15.5 Å². The highest BCUT2D eigenvalue weighted by Crippen LogP contribution is 2.32. The zero-order chi connectivity index (χ0) is 27.5. The Balaban J connectivity index is 1.28. The second kappa shape index (κ2) is 11.6. The van der Waals surface area contributed by atoms with Crippen LogP contribution in [0.5, 0.6) is 0 Å². The number of hydrogen-bond acceptors (Lipinski definition) is 6. The van der Waals surface area contributed by atoms with Gasteiger partial charge in [0.05, 0.1) is 12.6 Å². The molecule has 9 heteroatoms. The molecule has 39 heavy (non-hydrogen) atoms. The van der Waals surface area contributed by atoms with Gasteiger partial charge in [-0.1, -0.05) is 32.0 Å². The van der Waals surface area contributed by atoms with Gasteiger partial charge in [-0.25, -0.2) is 0 Å². The number of benzene rings is 2. The summed E-state index contributed by atoms with van der Waals surface area (Å²) in [4.78, 5) is 58.7. The summed E-state index contributed by atoms with van der Waals surface area (Å²) in [5, 5.41) is 6.28. The largest absolute Gasteiger partial charge is 0.369 e. The minimum absolute atomic E-state index is 0.00647. The number of carbonyl (C=O) groups is 4. The Labute approximate surface area is 229 Å². The van der Waals surface area contributed by atoms with Crippen LogP contribution in [-0.4, -0.2) is 90.7 Å². The standard InChI is InChI=1S/C30H37N5O4/c1-20(2)18-24(32-28(37)21-8-10-23(11-9-21)33-16-13-31-14-17-33)30(39)34-15-12-25-27(34)26(36)19-35(25)29(38)22-6-4-3-5-7-22/h3-11,20,24-25,27,31H,12-19H2,1-2H3,(H,32,37)/t24-,25?,27?/m0/s1. The minimum atomic E-state index is -0.754. The van der Waals surface area contributed by atoms with E-state index in [0.29, 0.717) is 30.5 Å². The molecule has 3 atom stereocenters. The van der Waals surface area contributed by atoms with Gasteiger partial charge in [0.15, 0.2) is 5.78 Å². The molecular formula is C30H37N5O4. The van der Waals surface area contributed by atoms with Crippen LogP contribution in [0.4, 0.5) is 5.69 Å². The average molecular weight is 532 g/mol.